The van der Waals surface area contributed by atoms with Crippen molar-refractivity contribution in [3.8, 4) is 85.5 Å². The molecule has 0 unspecified atom stereocenters. The van der Waals surface area contributed by atoms with Crippen LogP contribution in [0.25, 0.3) is 76.5 Å². The third-order valence-corrected chi connectivity index (χ3v) is 8.80. The zero-order chi connectivity index (χ0) is 33.9. The normalized spacial score (nSPS) is 11.8. The highest BCUT2D eigenvalue weighted by Crippen LogP contribution is 2.60. The first kappa shape index (κ1) is 28.4. The summed E-state index contributed by atoms with van der Waals surface area (Å²) in [5, 5.41) is 120. The van der Waals surface area contributed by atoms with Gasteiger partial charge in [-0.2, -0.15) is 0 Å². The van der Waals surface area contributed by atoms with Gasteiger partial charge in [0.15, 0.2) is 45.7 Å². The fraction of sp³-hybridized carbons (Fsp3) is 0. The first-order valence-corrected chi connectivity index (χ1v) is 14.2. The van der Waals surface area contributed by atoms with E-state index in [0.717, 1.165) is 22.9 Å². The van der Waals surface area contributed by atoms with Crippen molar-refractivity contribution >= 4 is 54.3 Å². The van der Waals surface area contributed by atoms with Crippen molar-refractivity contribution in [2.45, 2.75) is 0 Å². The molecule has 1 aromatic heterocycles. The molecular formula is C36H22O12. The van der Waals surface area contributed by atoms with Gasteiger partial charge in [0.1, 0.15) is 5.75 Å². The van der Waals surface area contributed by atoms with Crippen LogP contribution in [0.3, 0.4) is 0 Å². The molecule has 0 spiro atoms. The van der Waals surface area contributed by atoms with Gasteiger partial charge in [0, 0.05) is 5.56 Å². The zero-order valence-electron chi connectivity index (χ0n) is 24.2. The van der Waals surface area contributed by atoms with Crippen LogP contribution in [0.15, 0.2) is 71.1 Å². The van der Waals surface area contributed by atoms with E-state index in [-0.39, 0.29) is 27.1 Å². The van der Waals surface area contributed by atoms with E-state index in [9.17, 15) is 56.2 Å². The van der Waals surface area contributed by atoms with Crippen LogP contribution in [0, 0.1) is 0 Å². The molecule has 0 aliphatic rings. The number of phenols is 11. The molecule has 0 aliphatic carbocycles. The van der Waals surface area contributed by atoms with Crippen LogP contribution in [0.1, 0.15) is 0 Å². The lowest BCUT2D eigenvalue weighted by Gasteiger charge is -2.21. The van der Waals surface area contributed by atoms with Gasteiger partial charge in [-0.1, -0.05) is 42.5 Å². The van der Waals surface area contributed by atoms with E-state index in [1.54, 1.807) is 12.1 Å². The molecule has 12 nitrogen and oxygen atoms in total. The Morgan fingerprint density at radius 1 is 0.354 bits per heavy atom. The molecule has 0 saturated carbocycles. The lowest BCUT2D eigenvalue weighted by Crippen LogP contribution is -1.93. The number of fused-ring (bicyclic) bond motifs is 6. The van der Waals surface area contributed by atoms with Gasteiger partial charge in [0.2, 0.25) is 23.0 Å². The van der Waals surface area contributed by atoms with Crippen LogP contribution in [-0.4, -0.2) is 56.2 Å². The van der Waals surface area contributed by atoms with Gasteiger partial charge in [0.05, 0.1) is 16.3 Å². The topological polar surface area (TPSA) is 236 Å². The number of phenolic OH excluding ortho intramolecular Hbond substituents is 11. The van der Waals surface area contributed by atoms with Gasteiger partial charge in [-0.05, 0) is 67.7 Å². The third kappa shape index (κ3) is 3.53. The van der Waals surface area contributed by atoms with Gasteiger partial charge in [0.25, 0.3) is 0 Å². The Bertz CT molecular complexity index is 2670. The molecule has 8 aromatic rings. The monoisotopic (exact) mass is 646 g/mol. The summed E-state index contributed by atoms with van der Waals surface area (Å²) in [4.78, 5) is 0. The standard InChI is InChI=1S/C36H22O12/c37-19-8-15-17(10-21(19)39)24(18-11-22(40)20(38)9-16(18)23(15)14-7-3-5-12-4-1-2-6-13(12)14)25-28(41)26-27-30(43)31(44)32(45)34(47)36(27)48-35(26)33(46)29(25)42/h1-11,37-47H. The Labute approximate surface area is 266 Å². The lowest BCUT2D eigenvalue weighted by atomic mass is 9.83. The SMILES string of the molecule is Oc1cc2c(-c3c(O)c(O)c4oc5c(O)c(O)c(O)c(O)c5c4c3O)c3cc(O)c(O)cc3c(-c3cccc4ccccc34)c2cc1O. The van der Waals surface area contributed by atoms with Gasteiger partial charge < -0.3 is 60.6 Å². The molecular weight excluding hydrogens is 624 g/mol. The van der Waals surface area contributed by atoms with Gasteiger partial charge in [-0.15, -0.1) is 0 Å². The smallest absolute Gasteiger partial charge is 0.208 e. The van der Waals surface area contributed by atoms with E-state index < -0.39 is 90.7 Å². The second kappa shape index (κ2) is 9.47. The first-order valence-electron chi connectivity index (χ1n) is 14.2. The van der Waals surface area contributed by atoms with Crippen molar-refractivity contribution in [3.05, 3.63) is 66.7 Å². The summed E-state index contributed by atoms with van der Waals surface area (Å²) < 4.78 is 5.45. The molecule has 1 heterocycles. The maximum Gasteiger partial charge on any atom is 0.208 e. The molecule has 0 fully saturated rings. The fourth-order valence-electron chi connectivity index (χ4n) is 6.64. The number of hydrogen-bond acceptors (Lipinski definition) is 12. The average molecular weight is 647 g/mol. The van der Waals surface area contributed by atoms with Crippen LogP contribution in [0.4, 0.5) is 0 Å². The predicted octanol–water partition coefficient (Wildman–Crippen LogP) is 7.14. The Hall–Kier alpha value is -7.08. The van der Waals surface area contributed by atoms with Gasteiger partial charge >= 0.3 is 0 Å². The highest BCUT2D eigenvalue weighted by atomic mass is 16.4. The van der Waals surface area contributed by atoms with Crippen LogP contribution < -0.4 is 0 Å². The van der Waals surface area contributed by atoms with E-state index in [1.165, 1.54) is 12.1 Å². The maximum atomic E-state index is 11.9. The summed E-state index contributed by atoms with van der Waals surface area (Å²) in [7, 11) is 0. The number of aromatic hydroxyl groups is 11. The van der Waals surface area contributed by atoms with Crippen LogP contribution >= 0.6 is 0 Å². The average Bonchev–Trinajstić information content (AvgIpc) is 3.48. The fourth-order valence-corrected chi connectivity index (χ4v) is 6.64. The summed E-state index contributed by atoms with van der Waals surface area (Å²) >= 11 is 0. The predicted molar refractivity (Wildman–Crippen MR) is 175 cm³/mol. The highest BCUT2D eigenvalue weighted by molar-refractivity contribution is 6.27. The molecule has 8 rings (SSSR count). The molecule has 11 N–H and O–H groups in total. The minimum Gasteiger partial charge on any atom is -0.506 e. The van der Waals surface area contributed by atoms with Crippen molar-refractivity contribution in [3.63, 3.8) is 0 Å². The molecule has 12 heteroatoms. The molecule has 48 heavy (non-hydrogen) atoms. The Balaban J connectivity index is 1.64. The third-order valence-electron chi connectivity index (χ3n) is 8.80. The van der Waals surface area contributed by atoms with Crippen LogP contribution in [-0.2, 0) is 0 Å². The summed E-state index contributed by atoms with van der Waals surface area (Å²) in [6.07, 6.45) is 0. The molecule has 0 bridgehead atoms. The quantitative estimate of drug-likeness (QED) is 0.0510. The molecule has 238 valence electrons. The number of hydrogen-bond donors (Lipinski definition) is 11. The van der Waals surface area contributed by atoms with Crippen molar-refractivity contribution in [2.75, 3.05) is 0 Å². The molecule has 7 aromatic carbocycles. The van der Waals surface area contributed by atoms with Crippen LogP contribution in [0.5, 0.6) is 63.2 Å². The van der Waals surface area contributed by atoms with Gasteiger partial charge in [-0.3, -0.25) is 0 Å². The summed E-state index contributed by atoms with van der Waals surface area (Å²) in [6.45, 7) is 0. The maximum absolute atomic E-state index is 11.9. The molecule has 0 saturated heterocycles. The van der Waals surface area contributed by atoms with E-state index in [4.69, 9.17) is 4.42 Å². The van der Waals surface area contributed by atoms with Gasteiger partial charge in [-0.25, -0.2) is 0 Å². The second-order valence-corrected chi connectivity index (χ2v) is 11.4. The minimum atomic E-state index is -1.16. The van der Waals surface area contributed by atoms with E-state index in [1.807, 2.05) is 30.3 Å². The number of rotatable bonds is 2. The summed E-state index contributed by atoms with van der Waals surface area (Å²) in [6, 6.07) is 17.7. The second-order valence-electron chi connectivity index (χ2n) is 11.4. The highest BCUT2D eigenvalue weighted by Gasteiger charge is 2.33. The van der Waals surface area contributed by atoms with Crippen molar-refractivity contribution in [2.24, 2.45) is 0 Å². The van der Waals surface area contributed by atoms with Crippen LogP contribution in [0.2, 0.25) is 0 Å². The van der Waals surface area contributed by atoms with E-state index >= 15 is 0 Å². The van der Waals surface area contributed by atoms with Crippen molar-refractivity contribution in [1.29, 1.82) is 0 Å². The first-order chi connectivity index (χ1) is 22.9. The largest absolute Gasteiger partial charge is 0.506 e. The lowest BCUT2D eigenvalue weighted by molar-refractivity contribution is 0.348. The summed E-state index contributed by atoms with van der Waals surface area (Å²) in [5.74, 6) is -9.46. The number of benzene rings is 7. The Morgan fingerprint density at radius 3 is 1.40 bits per heavy atom. The minimum absolute atomic E-state index is 0.0792. The van der Waals surface area contributed by atoms with E-state index in [2.05, 4.69) is 0 Å². The molecule has 0 radical (unpaired) electrons. The van der Waals surface area contributed by atoms with E-state index in [0.29, 0.717) is 11.1 Å². The van der Waals surface area contributed by atoms with Crippen molar-refractivity contribution < 1.29 is 60.6 Å². The molecule has 0 amide bonds. The number of furan rings is 1. The summed E-state index contributed by atoms with van der Waals surface area (Å²) in [5.41, 5.74) is -0.890. The zero-order valence-corrected chi connectivity index (χ0v) is 24.2. The Morgan fingerprint density at radius 2 is 0.812 bits per heavy atom. The van der Waals surface area contributed by atoms with Crippen molar-refractivity contribution in [1.82, 2.24) is 0 Å². The Kier molecular flexibility index (Phi) is 5.60. The molecule has 0 aliphatic heterocycles. The molecule has 0 atom stereocenters.